The van der Waals surface area contributed by atoms with Crippen molar-refractivity contribution in [1.82, 2.24) is 14.8 Å². The number of nitrogens with one attached hydrogen (secondary N) is 1. The molecular weight excluding hydrogens is 394 g/mol. The second-order valence-electron chi connectivity index (χ2n) is 5.72. The van der Waals surface area contributed by atoms with Crippen molar-refractivity contribution in [3.63, 3.8) is 0 Å². The van der Waals surface area contributed by atoms with E-state index in [2.05, 4.69) is 15.5 Å². The van der Waals surface area contributed by atoms with E-state index in [1.165, 1.54) is 30.0 Å². The highest BCUT2D eigenvalue weighted by Gasteiger charge is 2.21. The summed E-state index contributed by atoms with van der Waals surface area (Å²) in [5.74, 6) is -0.852. The van der Waals surface area contributed by atoms with Gasteiger partial charge in [-0.2, -0.15) is 0 Å². The lowest BCUT2D eigenvalue weighted by Gasteiger charge is -2.12. The average molecular weight is 409 g/mol. The number of aromatic nitrogens is 3. The first-order valence-corrected chi connectivity index (χ1v) is 9.19. The minimum absolute atomic E-state index is 0.112. The molecule has 27 heavy (non-hydrogen) atoms. The molecule has 0 saturated heterocycles. The Hall–Kier alpha value is -2.45. The molecule has 2 aromatic carbocycles. The van der Waals surface area contributed by atoms with E-state index in [0.717, 1.165) is 6.07 Å². The second kappa shape index (κ2) is 8.06. The van der Waals surface area contributed by atoms with Crippen LogP contribution in [0.5, 0.6) is 0 Å². The van der Waals surface area contributed by atoms with Crippen molar-refractivity contribution >= 4 is 35.0 Å². The lowest BCUT2D eigenvalue weighted by Crippen LogP contribution is -2.23. The van der Waals surface area contributed by atoms with E-state index in [1.807, 2.05) is 0 Å². The smallest absolute Gasteiger partial charge is 0.237 e. The molecule has 5 nitrogen and oxygen atoms in total. The molecule has 0 bridgehead atoms. The van der Waals surface area contributed by atoms with E-state index in [1.54, 1.807) is 36.7 Å². The first-order chi connectivity index (χ1) is 12.9. The third-order valence-corrected chi connectivity index (χ3v) is 5.24. The van der Waals surface area contributed by atoms with Gasteiger partial charge in [-0.3, -0.25) is 4.79 Å². The maximum atomic E-state index is 14.0. The molecule has 0 spiro atoms. The highest BCUT2D eigenvalue weighted by atomic mass is 35.5. The minimum Gasteiger partial charge on any atom is -0.324 e. The first kappa shape index (κ1) is 19.3. The molecule has 3 rings (SSSR count). The van der Waals surface area contributed by atoms with Crippen LogP contribution in [0.25, 0.3) is 11.4 Å². The van der Waals surface area contributed by atoms with Gasteiger partial charge in [-0.1, -0.05) is 35.5 Å². The van der Waals surface area contributed by atoms with Crippen molar-refractivity contribution < 1.29 is 13.6 Å². The fourth-order valence-corrected chi connectivity index (χ4v) is 3.36. The summed E-state index contributed by atoms with van der Waals surface area (Å²) in [6.45, 7) is 1.69. The first-order valence-electron chi connectivity index (χ1n) is 7.93. The van der Waals surface area contributed by atoms with Gasteiger partial charge in [0, 0.05) is 7.05 Å². The number of rotatable bonds is 5. The van der Waals surface area contributed by atoms with Gasteiger partial charge >= 0.3 is 0 Å². The highest BCUT2D eigenvalue weighted by Crippen LogP contribution is 2.28. The molecule has 1 N–H and O–H groups in total. The largest absolute Gasteiger partial charge is 0.324 e. The van der Waals surface area contributed by atoms with Gasteiger partial charge in [0.25, 0.3) is 0 Å². The number of thioether (sulfide) groups is 1. The van der Waals surface area contributed by atoms with Crippen molar-refractivity contribution in [3.8, 4) is 11.4 Å². The Balaban J connectivity index is 1.73. The number of carbonyl (C=O) groups is 1. The van der Waals surface area contributed by atoms with Crippen LogP contribution >= 0.6 is 23.4 Å². The van der Waals surface area contributed by atoms with E-state index in [4.69, 9.17) is 11.6 Å². The van der Waals surface area contributed by atoms with Crippen LogP contribution in [0.15, 0.2) is 47.6 Å². The fraction of sp³-hybridized carbons (Fsp3) is 0.167. The van der Waals surface area contributed by atoms with Crippen LogP contribution in [0.4, 0.5) is 14.5 Å². The Morgan fingerprint density at radius 2 is 1.96 bits per heavy atom. The molecule has 3 aromatic rings. The molecule has 1 heterocycles. The molecule has 0 fully saturated rings. The number of benzene rings is 2. The predicted octanol–water partition coefficient (Wildman–Crippen LogP) is 4.53. The summed E-state index contributed by atoms with van der Waals surface area (Å²) < 4.78 is 28.7. The van der Waals surface area contributed by atoms with Crippen molar-refractivity contribution in [2.75, 3.05) is 5.32 Å². The summed E-state index contributed by atoms with van der Waals surface area (Å²) in [6, 6.07) is 9.99. The van der Waals surface area contributed by atoms with E-state index >= 15 is 0 Å². The molecule has 0 unspecified atom stereocenters. The number of hydrogen-bond acceptors (Lipinski definition) is 4. The van der Waals surface area contributed by atoms with Gasteiger partial charge in [-0.25, -0.2) is 8.78 Å². The van der Waals surface area contributed by atoms with Crippen molar-refractivity contribution in [1.29, 1.82) is 0 Å². The summed E-state index contributed by atoms with van der Waals surface area (Å²) in [5.41, 5.74) is 0.648. The van der Waals surface area contributed by atoms with Crippen LogP contribution in [-0.2, 0) is 11.8 Å². The molecule has 1 aromatic heterocycles. The Morgan fingerprint density at radius 3 is 2.67 bits per heavy atom. The fourth-order valence-electron chi connectivity index (χ4n) is 2.33. The Labute approximate surface area is 163 Å². The third-order valence-electron chi connectivity index (χ3n) is 3.79. The summed E-state index contributed by atoms with van der Waals surface area (Å²) in [5, 5.41) is 10.8. The maximum absolute atomic E-state index is 14.0. The van der Waals surface area contributed by atoms with E-state index in [0.29, 0.717) is 22.2 Å². The van der Waals surface area contributed by atoms with Gasteiger partial charge in [-0.05, 0) is 37.3 Å². The number of carbonyl (C=O) groups excluding carboxylic acids is 1. The predicted molar refractivity (Wildman–Crippen MR) is 102 cm³/mol. The summed E-state index contributed by atoms with van der Waals surface area (Å²) in [7, 11) is 1.70. The van der Waals surface area contributed by atoms with Gasteiger partial charge in [0.2, 0.25) is 5.91 Å². The molecule has 9 heteroatoms. The third kappa shape index (κ3) is 4.28. The number of anilines is 1. The number of nitrogens with zero attached hydrogens (tertiary/aromatic N) is 3. The summed E-state index contributed by atoms with van der Waals surface area (Å²) in [4.78, 5) is 12.4. The standard InChI is InChI=1S/C18H15ClF2N4OS/c1-10(17(26)22-15-8-7-11(20)9-13(15)19)27-18-24-23-16(25(18)2)12-5-3-4-6-14(12)21/h3-10H,1-2H3,(H,22,26)/t10-/m1/s1. The van der Waals surface area contributed by atoms with E-state index < -0.39 is 16.9 Å². The molecule has 0 aliphatic rings. The quantitative estimate of drug-likeness (QED) is 0.630. The topological polar surface area (TPSA) is 59.8 Å². The zero-order valence-corrected chi connectivity index (χ0v) is 16.0. The van der Waals surface area contributed by atoms with Gasteiger partial charge in [0.05, 0.1) is 21.5 Å². The molecule has 1 amide bonds. The average Bonchev–Trinajstić information content (AvgIpc) is 2.98. The number of hydrogen-bond donors (Lipinski definition) is 1. The molecular formula is C18H15ClF2N4OS. The van der Waals surface area contributed by atoms with E-state index in [-0.39, 0.29) is 10.9 Å². The SMILES string of the molecule is C[C@@H](Sc1nnc(-c2ccccc2F)n1C)C(=O)Nc1ccc(F)cc1Cl. The van der Waals surface area contributed by atoms with Crippen molar-refractivity contribution in [2.24, 2.45) is 7.05 Å². The highest BCUT2D eigenvalue weighted by molar-refractivity contribution is 8.00. The lowest BCUT2D eigenvalue weighted by molar-refractivity contribution is -0.115. The van der Waals surface area contributed by atoms with Gasteiger partial charge in [-0.15, -0.1) is 10.2 Å². The zero-order chi connectivity index (χ0) is 19.6. The Morgan fingerprint density at radius 1 is 1.22 bits per heavy atom. The molecule has 0 aliphatic heterocycles. The van der Waals surface area contributed by atoms with Gasteiger partial charge in [0.1, 0.15) is 11.6 Å². The van der Waals surface area contributed by atoms with Crippen LogP contribution in [0.3, 0.4) is 0 Å². The van der Waals surface area contributed by atoms with Crippen LogP contribution < -0.4 is 5.32 Å². The monoisotopic (exact) mass is 408 g/mol. The molecule has 0 radical (unpaired) electrons. The Bertz CT molecular complexity index is 995. The molecule has 140 valence electrons. The molecule has 0 saturated carbocycles. The maximum Gasteiger partial charge on any atom is 0.237 e. The zero-order valence-electron chi connectivity index (χ0n) is 14.4. The number of amides is 1. The van der Waals surface area contributed by atoms with Crippen LogP contribution in [-0.4, -0.2) is 25.9 Å². The van der Waals surface area contributed by atoms with Crippen molar-refractivity contribution in [2.45, 2.75) is 17.3 Å². The summed E-state index contributed by atoms with van der Waals surface area (Å²) in [6.07, 6.45) is 0. The number of halogens is 3. The second-order valence-corrected chi connectivity index (χ2v) is 7.43. The normalized spacial score (nSPS) is 12.0. The summed E-state index contributed by atoms with van der Waals surface area (Å²) >= 11 is 7.09. The van der Waals surface area contributed by atoms with Crippen LogP contribution in [0.1, 0.15) is 6.92 Å². The molecule has 0 aliphatic carbocycles. The van der Waals surface area contributed by atoms with E-state index in [9.17, 15) is 13.6 Å². The van der Waals surface area contributed by atoms with Gasteiger partial charge in [0.15, 0.2) is 11.0 Å². The van der Waals surface area contributed by atoms with Crippen LogP contribution in [0, 0.1) is 11.6 Å². The van der Waals surface area contributed by atoms with Crippen molar-refractivity contribution in [3.05, 3.63) is 59.1 Å². The van der Waals surface area contributed by atoms with Gasteiger partial charge < -0.3 is 9.88 Å². The lowest BCUT2D eigenvalue weighted by atomic mass is 10.2. The molecule has 1 atom stereocenters. The minimum atomic E-state index is -0.539. The Kier molecular flexibility index (Phi) is 5.76. The van der Waals surface area contributed by atoms with Crippen LogP contribution in [0.2, 0.25) is 5.02 Å².